The average Bonchev–Trinajstić information content (AvgIpc) is 2.57. The van der Waals surface area contributed by atoms with E-state index in [9.17, 15) is 14.4 Å². The summed E-state index contributed by atoms with van der Waals surface area (Å²) in [5, 5.41) is 10.8. The third-order valence-corrected chi connectivity index (χ3v) is 3.99. The monoisotopic (exact) mass is 575 g/mol. The zero-order chi connectivity index (χ0) is 17.1. The van der Waals surface area contributed by atoms with Crippen molar-refractivity contribution in [1.82, 2.24) is 5.32 Å². The van der Waals surface area contributed by atoms with E-state index in [1.54, 1.807) is 6.92 Å². The molecule has 2 rings (SSSR count). The first kappa shape index (κ1) is 20.8. The minimum Gasteiger partial charge on any atom is -0.520 e. The largest absolute Gasteiger partial charge is 0.520 e. The zero-order valence-corrected chi connectivity index (χ0v) is 16.1. The standard InChI is InChI=1S/C10H10NO3.C8H14O.Fm/c12-7-11-9(10(13)14)6-8-4-2-1-3-5-8;1-7(9)8-5-3-2-4-6-8;/h1-5,9H,6H2,(H,11,12)(H,13,14);8H,2-6H2,1H3;/q-1;;. The molecule has 1 atom stereocenters. The average molecular weight is 575 g/mol. The van der Waals surface area contributed by atoms with Gasteiger partial charge in [-0.3, -0.25) is 9.59 Å². The summed E-state index contributed by atoms with van der Waals surface area (Å²) in [6.45, 7) is 1.72. The van der Waals surface area contributed by atoms with E-state index >= 15 is 0 Å². The van der Waals surface area contributed by atoms with Crippen LogP contribution in [0.15, 0.2) is 30.3 Å². The maximum absolute atomic E-state index is 10.8. The Morgan fingerprint density at radius 1 is 1.21 bits per heavy atom. The van der Waals surface area contributed by atoms with Gasteiger partial charge in [-0.1, -0.05) is 49.6 Å². The number of benzene rings is 1. The summed E-state index contributed by atoms with van der Waals surface area (Å²) in [6.07, 6.45) is 7.83. The summed E-state index contributed by atoms with van der Waals surface area (Å²) in [5.74, 6) is -0.245. The predicted octanol–water partition coefficient (Wildman–Crippen LogP) is 2.49. The Morgan fingerprint density at radius 3 is 2.21 bits per heavy atom. The quantitative estimate of drug-likeness (QED) is 0.404. The van der Waals surface area contributed by atoms with Gasteiger partial charge in [0.25, 0.3) is 0 Å². The fourth-order valence-electron chi connectivity index (χ4n) is 2.63. The number of rotatable bonds is 6. The van der Waals surface area contributed by atoms with E-state index in [-0.39, 0.29) is 6.42 Å². The van der Waals surface area contributed by atoms with Crippen LogP contribution >= 0.6 is 0 Å². The number of nitrogens with one attached hydrogen (secondary N) is 1. The molecule has 0 aliphatic heterocycles. The molecule has 6 heteroatoms. The topological polar surface area (TPSA) is 83.5 Å². The Kier molecular flexibility index (Phi) is 9.90. The van der Waals surface area contributed by atoms with Gasteiger partial charge in [-0.05, 0) is 25.3 Å². The molecule has 1 saturated carbocycles. The van der Waals surface area contributed by atoms with Gasteiger partial charge in [0.2, 0.25) is 0 Å². The first-order valence-electron chi connectivity index (χ1n) is 7.94. The molecule has 1 aliphatic carbocycles. The molecule has 1 aliphatic rings. The number of hydrogen-bond acceptors (Lipinski definition) is 3. The Labute approximate surface area is 137 Å². The van der Waals surface area contributed by atoms with Crippen molar-refractivity contribution >= 4 is 18.2 Å². The molecule has 5 nitrogen and oxygen atoms in total. The minimum absolute atomic E-state index is 0. The maximum atomic E-state index is 10.8. The van der Waals surface area contributed by atoms with Gasteiger partial charge in [-0.15, -0.1) is 0 Å². The van der Waals surface area contributed by atoms with Crippen LogP contribution in [0.4, 0.5) is 0 Å². The number of carbonyl (C=O) groups excluding carboxylic acids is 2. The third-order valence-electron chi connectivity index (χ3n) is 3.99. The number of carboxylic acids is 1. The van der Waals surface area contributed by atoms with Crippen molar-refractivity contribution in [2.75, 3.05) is 0 Å². The van der Waals surface area contributed by atoms with Crippen molar-refractivity contribution in [1.29, 1.82) is 0 Å². The van der Waals surface area contributed by atoms with Gasteiger partial charge in [0.05, 0.1) is 0 Å². The van der Waals surface area contributed by atoms with Crippen LogP contribution in [0, 0.1) is 5.92 Å². The molecule has 0 aromatic heterocycles. The van der Waals surface area contributed by atoms with E-state index < -0.39 is 12.0 Å². The molecular weight excluding hydrogens is 551 g/mol. The van der Waals surface area contributed by atoms with E-state index in [1.165, 1.54) is 25.7 Å². The SMILES string of the molecule is CC(=O)C1CCCCC1.O=[C-]NC(Cc1ccccc1)C(=O)O.[Fm]. The summed E-state index contributed by atoms with van der Waals surface area (Å²) in [7, 11) is 0. The molecule has 0 bridgehead atoms. The smallest absolute Gasteiger partial charge is 0.323 e. The minimum atomic E-state index is -1.06. The first-order valence-corrected chi connectivity index (χ1v) is 7.94. The van der Waals surface area contributed by atoms with Crippen LogP contribution < -0.4 is 5.32 Å². The van der Waals surface area contributed by atoms with Gasteiger partial charge in [-0.2, -0.15) is 6.41 Å². The number of carboxylic acid groups (broad SMARTS) is 1. The van der Waals surface area contributed by atoms with Crippen molar-refractivity contribution in [3.05, 3.63) is 35.9 Å². The Bertz CT molecular complexity index is 501. The summed E-state index contributed by atoms with van der Waals surface area (Å²) in [5.41, 5.74) is 0.864. The fourth-order valence-corrected chi connectivity index (χ4v) is 2.63. The van der Waals surface area contributed by atoms with Gasteiger partial charge in [0.1, 0.15) is 11.8 Å². The summed E-state index contributed by atoms with van der Waals surface area (Å²) < 4.78 is 0. The zero-order valence-electron chi connectivity index (χ0n) is 13.7. The fraction of sp³-hybridized carbons (Fsp3) is 0.500. The molecule has 1 aromatic rings. The molecule has 0 saturated heterocycles. The number of amides is 1. The molecule has 1 aromatic carbocycles. The molecule has 0 heterocycles. The number of Topliss-reactive ketones (excluding diaryl/α,β-unsaturated/α-hetero) is 1. The van der Waals surface area contributed by atoms with Gasteiger partial charge in [0, 0.05) is 12.3 Å². The van der Waals surface area contributed by atoms with Gasteiger partial charge < -0.3 is 15.2 Å². The van der Waals surface area contributed by atoms with Crippen molar-refractivity contribution in [3.8, 4) is 0 Å². The van der Waals surface area contributed by atoms with Crippen molar-refractivity contribution in [3.63, 3.8) is 0 Å². The molecule has 0 spiro atoms. The van der Waals surface area contributed by atoms with Crippen molar-refractivity contribution in [2.24, 2.45) is 5.92 Å². The van der Waals surface area contributed by atoms with Crippen LogP contribution in [0.5, 0.6) is 0 Å². The molecule has 2 N–H and O–H groups in total. The van der Waals surface area contributed by atoms with Gasteiger partial charge in [-0.25, -0.2) is 0 Å². The second-order valence-electron chi connectivity index (χ2n) is 5.77. The molecule has 1 fully saturated rings. The molecular formula is C18H24FmNO4-. The van der Waals surface area contributed by atoms with Crippen LogP contribution in [0.2, 0.25) is 0 Å². The van der Waals surface area contributed by atoms with Crippen LogP contribution in [0.1, 0.15) is 44.6 Å². The molecule has 0 radical (unpaired) electrons. The summed E-state index contributed by atoms with van der Waals surface area (Å²) in [6, 6.07) is 8.19. The predicted molar refractivity (Wildman–Crippen MR) is 87.7 cm³/mol. The van der Waals surface area contributed by atoms with Crippen LogP contribution in [0.3, 0.4) is 0 Å². The van der Waals surface area contributed by atoms with Crippen molar-refractivity contribution in [2.45, 2.75) is 51.5 Å². The molecule has 24 heavy (non-hydrogen) atoms. The number of aliphatic carboxylic acids is 1. The second-order valence-corrected chi connectivity index (χ2v) is 5.77. The van der Waals surface area contributed by atoms with E-state index in [4.69, 9.17) is 5.11 Å². The van der Waals surface area contributed by atoms with Crippen LogP contribution in [0.25, 0.3) is 0 Å². The molecule has 1 unspecified atom stereocenters. The molecule has 1 amide bonds. The first-order chi connectivity index (χ1) is 11.0. The normalized spacial score (nSPS) is 15.0. The Hall–Kier alpha value is -3.17. The Morgan fingerprint density at radius 2 is 1.79 bits per heavy atom. The van der Waals surface area contributed by atoms with Gasteiger partial charge >= 0.3 is 5.97 Å². The third kappa shape index (κ3) is 7.73. The van der Waals surface area contributed by atoms with E-state index in [0.29, 0.717) is 11.7 Å². The van der Waals surface area contributed by atoms with E-state index in [1.807, 2.05) is 30.3 Å². The maximum Gasteiger partial charge on any atom is 0.323 e. The summed E-state index contributed by atoms with van der Waals surface area (Å²) >= 11 is 0. The number of ketones is 1. The second kappa shape index (κ2) is 11.4. The number of hydrogen-bond donors (Lipinski definition) is 2. The van der Waals surface area contributed by atoms with Crippen molar-refractivity contribution < 1.29 is 19.5 Å². The Balaban J connectivity index is 0.000000460. The van der Waals surface area contributed by atoms with Crippen LogP contribution in [-0.4, -0.2) is 29.3 Å². The van der Waals surface area contributed by atoms with Crippen LogP contribution in [-0.2, 0) is 20.8 Å². The van der Waals surface area contributed by atoms with E-state index in [2.05, 4.69) is 5.32 Å². The van der Waals surface area contributed by atoms with E-state index in [0.717, 1.165) is 18.4 Å². The molecule has 138 valence electrons. The summed E-state index contributed by atoms with van der Waals surface area (Å²) in [4.78, 5) is 31.5. The van der Waals surface area contributed by atoms with Gasteiger partial charge in [0.15, 0.2) is 0 Å². The number of carbonyl (C=O) groups is 2.